The molecule has 0 unspecified atom stereocenters. The first-order valence-electron chi connectivity index (χ1n) is 18.5. The van der Waals surface area contributed by atoms with Crippen molar-refractivity contribution in [2.24, 2.45) is 0 Å². The highest BCUT2D eigenvalue weighted by atomic mass is 16.3. The zero-order chi connectivity index (χ0) is 35.6. The fourth-order valence-corrected chi connectivity index (χ4v) is 8.52. The first-order chi connectivity index (χ1) is 26.8. The van der Waals surface area contributed by atoms with Crippen LogP contribution >= 0.6 is 0 Å². The van der Waals surface area contributed by atoms with Crippen LogP contribution in [0.1, 0.15) is 0 Å². The molecular formula is C52H33NO. The van der Waals surface area contributed by atoms with Gasteiger partial charge in [0.1, 0.15) is 11.2 Å². The maximum absolute atomic E-state index is 6.57. The van der Waals surface area contributed by atoms with E-state index < -0.39 is 0 Å². The summed E-state index contributed by atoms with van der Waals surface area (Å²) >= 11 is 0. The van der Waals surface area contributed by atoms with Crippen LogP contribution in [0.5, 0.6) is 0 Å². The molecule has 54 heavy (non-hydrogen) atoms. The Morgan fingerprint density at radius 1 is 0.315 bits per heavy atom. The molecule has 11 aromatic rings. The van der Waals surface area contributed by atoms with Crippen LogP contribution in [-0.4, -0.2) is 0 Å². The number of nitrogens with zero attached hydrogens (tertiary/aromatic N) is 1. The molecule has 0 fully saturated rings. The molecule has 252 valence electrons. The lowest BCUT2D eigenvalue weighted by Crippen LogP contribution is -2.11. The molecule has 0 N–H and O–H groups in total. The molecule has 0 saturated heterocycles. The smallest absolute Gasteiger partial charge is 0.138 e. The average Bonchev–Trinajstić information content (AvgIpc) is 3.61. The van der Waals surface area contributed by atoms with Gasteiger partial charge in [-0.3, -0.25) is 0 Å². The van der Waals surface area contributed by atoms with Crippen LogP contribution in [0.4, 0.5) is 17.1 Å². The third kappa shape index (κ3) is 4.81. The number of hydrogen-bond donors (Lipinski definition) is 0. The van der Waals surface area contributed by atoms with E-state index in [0.29, 0.717) is 0 Å². The predicted molar refractivity (Wildman–Crippen MR) is 229 cm³/mol. The lowest BCUT2D eigenvalue weighted by molar-refractivity contribution is 0.669. The minimum absolute atomic E-state index is 0.877. The fourth-order valence-electron chi connectivity index (χ4n) is 8.52. The van der Waals surface area contributed by atoms with Gasteiger partial charge in [-0.05, 0) is 102 Å². The second kappa shape index (κ2) is 12.2. The number of fused-ring (bicyclic) bond motifs is 8. The molecule has 1 aromatic heterocycles. The van der Waals surface area contributed by atoms with E-state index in [1.165, 1.54) is 60.0 Å². The van der Waals surface area contributed by atoms with E-state index in [1.54, 1.807) is 0 Å². The minimum Gasteiger partial charge on any atom is -0.456 e. The Morgan fingerprint density at radius 3 is 1.72 bits per heavy atom. The Labute approximate surface area is 312 Å². The standard InChI is InChI=1S/C52H33NO/c1-2-13-34(14-3-1)35-25-27-39(28-26-35)53(52-43-19-7-5-16-38(43)33-50-51(52)47-22-10-11-24-49(47)54-50)40-29-30-42-36(31-40)17-12-23-45(42)48-32-37-15-4-6-18-41(37)44-20-8-9-21-46(44)48/h1-33H. The van der Waals surface area contributed by atoms with Crippen molar-refractivity contribution >= 4 is 82.1 Å². The van der Waals surface area contributed by atoms with Crippen LogP contribution in [0, 0.1) is 0 Å². The van der Waals surface area contributed by atoms with Crippen LogP contribution in [0.25, 0.3) is 87.3 Å². The molecule has 0 amide bonds. The molecule has 0 bridgehead atoms. The van der Waals surface area contributed by atoms with Gasteiger partial charge in [-0.15, -0.1) is 0 Å². The summed E-state index contributed by atoms with van der Waals surface area (Å²) in [4.78, 5) is 2.43. The minimum atomic E-state index is 0.877. The molecule has 0 radical (unpaired) electrons. The Hall–Kier alpha value is -7.16. The van der Waals surface area contributed by atoms with Crippen molar-refractivity contribution in [2.75, 3.05) is 4.90 Å². The van der Waals surface area contributed by atoms with E-state index in [9.17, 15) is 0 Å². The summed E-state index contributed by atoms with van der Waals surface area (Å²) in [7, 11) is 0. The van der Waals surface area contributed by atoms with Gasteiger partial charge in [0.05, 0.1) is 11.1 Å². The van der Waals surface area contributed by atoms with Gasteiger partial charge in [0.2, 0.25) is 0 Å². The molecule has 0 aliphatic heterocycles. The Morgan fingerprint density at radius 2 is 0.907 bits per heavy atom. The Kier molecular flexibility index (Phi) is 6.90. The second-order valence-corrected chi connectivity index (χ2v) is 14.1. The third-order valence-electron chi connectivity index (χ3n) is 11.0. The number of benzene rings is 10. The molecular weight excluding hydrogens is 655 g/mol. The highest BCUT2D eigenvalue weighted by molar-refractivity contribution is 6.22. The lowest BCUT2D eigenvalue weighted by Gasteiger charge is -2.28. The Balaban J connectivity index is 1.17. The van der Waals surface area contributed by atoms with Gasteiger partial charge in [-0.2, -0.15) is 0 Å². The van der Waals surface area contributed by atoms with Crippen LogP contribution in [0.15, 0.2) is 205 Å². The summed E-state index contributed by atoms with van der Waals surface area (Å²) in [5.41, 5.74) is 9.88. The molecule has 0 saturated carbocycles. The Bertz CT molecular complexity index is 3210. The maximum atomic E-state index is 6.57. The van der Waals surface area contributed by atoms with Crippen molar-refractivity contribution in [1.29, 1.82) is 0 Å². The number of anilines is 3. The first kappa shape index (κ1) is 30.5. The van der Waals surface area contributed by atoms with Gasteiger partial charge in [-0.25, -0.2) is 0 Å². The molecule has 2 nitrogen and oxygen atoms in total. The molecule has 0 spiro atoms. The average molecular weight is 688 g/mol. The summed E-state index contributed by atoms with van der Waals surface area (Å²) in [6.07, 6.45) is 0. The van der Waals surface area contributed by atoms with Crippen LogP contribution < -0.4 is 4.90 Å². The highest BCUT2D eigenvalue weighted by Gasteiger charge is 2.23. The van der Waals surface area contributed by atoms with Crippen molar-refractivity contribution in [3.8, 4) is 22.3 Å². The molecule has 2 heteroatoms. The van der Waals surface area contributed by atoms with Gasteiger partial charge >= 0.3 is 0 Å². The zero-order valence-corrected chi connectivity index (χ0v) is 29.4. The second-order valence-electron chi connectivity index (χ2n) is 14.1. The number of rotatable bonds is 5. The van der Waals surface area contributed by atoms with E-state index in [0.717, 1.165) is 44.4 Å². The highest BCUT2D eigenvalue weighted by Crippen LogP contribution is 2.48. The molecule has 11 rings (SSSR count). The molecule has 0 aliphatic carbocycles. The van der Waals surface area contributed by atoms with E-state index in [2.05, 4.69) is 199 Å². The monoisotopic (exact) mass is 687 g/mol. The number of para-hydroxylation sites is 1. The summed E-state index contributed by atoms with van der Waals surface area (Å²) in [6.45, 7) is 0. The topological polar surface area (TPSA) is 16.4 Å². The van der Waals surface area contributed by atoms with Gasteiger partial charge < -0.3 is 9.32 Å². The van der Waals surface area contributed by atoms with Crippen LogP contribution in [-0.2, 0) is 0 Å². The summed E-state index contributed by atoms with van der Waals surface area (Å²) < 4.78 is 6.57. The zero-order valence-electron chi connectivity index (χ0n) is 29.4. The van der Waals surface area contributed by atoms with Crippen molar-refractivity contribution < 1.29 is 4.42 Å². The van der Waals surface area contributed by atoms with E-state index in [4.69, 9.17) is 4.42 Å². The molecule has 0 atom stereocenters. The van der Waals surface area contributed by atoms with Crippen molar-refractivity contribution in [3.05, 3.63) is 200 Å². The maximum Gasteiger partial charge on any atom is 0.138 e. The van der Waals surface area contributed by atoms with Gasteiger partial charge in [0.25, 0.3) is 0 Å². The van der Waals surface area contributed by atoms with E-state index in [1.807, 2.05) is 6.07 Å². The number of furan rings is 1. The van der Waals surface area contributed by atoms with Gasteiger partial charge in [-0.1, -0.05) is 158 Å². The summed E-state index contributed by atoms with van der Waals surface area (Å²) in [5.74, 6) is 0. The number of hydrogen-bond acceptors (Lipinski definition) is 2. The fraction of sp³-hybridized carbons (Fsp3) is 0. The predicted octanol–water partition coefficient (Wildman–Crippen LogP) is 15.0. The van der Waals surface area contributed by atoms with Crippen LogP contribution in [0.3, 0.4) is 0 Å². The first-order valence-corrected chi connectivity index (χ1v) is 18.5. The summed E-state index contributed by atoms with van der Waals surface area (Å²) in [5, 5.41) is 12.0. The van der Waals surface area contributed by atoms with Crippen LogP contribution in [0.2, 0.25) is 0 Å². The van der Waals surface area contributed by atoms with E-state index in [-0.39, 0.29) is 0 Å². The van der Waals surface area contributed by atoms with Gasteiger partial charge in [0, 0.05) is 22.1 Å². The summed E-state index contributed by atoms with van der Waals surface area (Å²) in [6, 6.07) is 72.3. The quantitative estimate of drug-likeness (QED) is 0.168. The third-order valence-corrected chi connectivity index (χ3v) is 11.0. The normalized spacial score (nSPS) is 11.7. The van der Waals surface area contributed by atoms with Crippen molar-refractivity contribution in [1.82, 2.24) is 0 Å². The van der Waals surface area contributed by atoms with Gasteiger partial charge in [0.15, 0.2) is 0 Å². The molecule has 10 aromatic carbocycles. The molecule has 1 heterocycles. The van der Waals surface area contributed by atoms with Crippen molar-refractivity contribution in [2.45, 2.75) is 0 Å². The van der Waals surface area contributed by atoms with Crippen molar-refractivity contribution in [3.63, 3.8) is 0 Å². The SMILES string of the molecule is c1ccc(-c2ccc(N(c3ccc4c(-c5cc6ccccc6c6ccccc56)cccc4c3)c3c4ccccc4cc4oc5ccccc5c34)cc2)cc1. The van der Waals surface area contributed by atoms with E-state index >= 15 is 0 Å². The lowest BCUT2D eigenvalue weighted by atomic mass is 9.90. The largest absolute Gasteiger partial charge is 0.456 e. The molecule has 0 aliphatic rings.